The van der Waals surface area contributed by atoms with Gasteiger partial charge in [-0.25, -0.2) is 0 Å². The molecule has 0 spiro atoms. The first-order chi connectivity index (χ1) is 8.59. The van der Waals surface area contributed by atoms with Crippen LogP contribution in [0.4, 0.5) is 0 Å². The summed E-state index contributed by atoms with van der Waals surface area (Å²) < 4.78 is 4.50. The van der Waals surface area contributed by atoms with Gasteiger partial charge in [-0.1, -0.05) is 11.8 Å². The maximum Gasteiger partial charge on any atom is 1.00 e. The smallest absolute Gasteiger partial charge is 0.407 e. The summed E-state index contributed by atoms with van der Waals surface area (Å²) in [5, 5.41) is 0. The average molecular weight is 310 g/mol. The normalized spacial score (nSPS) is 12.5. The molecule has 0 rings (SSSR count). The molecule has 0 heterocycles. The predicted molar refractivity (Wildman–Crippen MR) is 87.1 cm³/mol. The molecule has 0 amide bonds. The van der Waals surface area contributed by atoms with E-state index in [-0.39, 0.29) is 43.0 Å². The van der Waals surface area contributed by atoms with Gasteiger partial charge in [-0.15, -0.1) is 0 Å². The van der Waals surface area contributed by atoms with E-state index in [9.17, 15) is 0 Å². The van der Waals surface area contributed by atoms with Crippen LogP contribution >= 0.6 is 6.34 Å². The van der Waals surface area contributed by atoms with Crippen molar-refractivity contribution in [3.63, 3.8) is 0 Å². The monoisotopic (exact) mass is 310 g/mol. The van der Waals surface area contributed by atoms with E-state index in [4.69, 9.17) is 17.3 Å². The van der Waals surface area contributed by atoms with E-state index in [1.54, 1.807) is 0 Å². The third-order valence-electron chi connectivity index (χ3n) is 2.92. The fourth-order valence-electron chi connectivity index (χ4n) is 2.73. The van der Waals surface area contributed by atoms with Crippen molar-refractivity contribution in [3.8, 4) is 0 Å². The van der Waals surface area contributed by atoms with Gasteiger partial charge in [0.1, 0.15) is 0 Å². The fraction of sp³-hybridized carbons (Fsp3) is 0.923. The van der Waals surface area contributed by atoms with Crippen LogP contribution in [0.2, 0.25) is 0 Å². The molecule has 0 aliphatic carbocycles. The van der Waals surface area contributed by atoms with Gasteiger partial charge < -0.3 is 10.3 Å². The summed E-state index contributed by atoms with van der Waals surface area (Å²) in [5.41, 5.74) is 9.05. The third kappa shape index (κ3) is 5.39. The minimum atomic E-state index is -2.33. The summed E-state index contributed by atoms with van der Waals surface area (Å²) >= 11 is 5.95. The Balaban J connectivity index is 0. The molecule has 0 atom stereocenters. The van der Waals surface area contributed by atoms with Gasteiger partial charge in [0, 0.05) is 36.5 Å². The van der Waals surface area contributed by atoms with Gasteiger partial charge in [0.25, 0.3) is 0 Å². The summed E-state index contributed by atoms with van der Waals surface area (Å²) in [5.74, 6) is 2.84. The summed E-state index contributed by atoms with van der Waals surface area (Å²) in [6.45, 7) is 17.0. The number of rotatable bonds is 7. The molecule has 4 nitrogen and oxygen atoms in total. The van der Waals surface area contributed by atoms with Crippen LogP contribution < -0.4 is 18.9 Å². The van der Waals surface area contributed by atoms with E-state index in [0.29, 0.717) is 0 Å². The van der Waals surface area contributed by atoms with Crippen LogP contribution in [-0.2, 0) is 11.8 Å². The van der Waals surface area contributed by atoms with E-state index >= 15 is 0 Å². The second-order valence-corrected chi connectivity index (χ2v) is 9.62. The Labute approximate surface area is 142 Å². The van der Waals surface area contributed by atoms with Crippen LogP contribution in [0.15, 0.2) is 0 Å². The largest absolute Gasteiger partial charge is 1.00 e. The molecule has 20 heavy (non-hydrogen) atoms. The zero-order valence-corrected chi connectivity index (χ0v) is 16.2. The molecule has 0 saturated heterocycles. The summed E-state index contributed by atoms with van der Waals surface area (Å²) in [6, 6.07) is 1.11. The van der Waals surface area contributed by atoms with Crippen molar-refractivity contribution in [1.29, 1.82) is 0 Å². The average Bonchev–Trinajstić information content (AvgIpc) is 2.13. The predicted octanol–water partition coefficient (Wildman–Crippen LogP) is 0.673. The molecular weight excluding hydrogens is 282 g/mol. The molecule has 0 N–H and O–H groups in total. The Morgan fingerprint density at radius 2 is 1.10 bits per heavy atom. The Hall–Kier alpha value is 0.547. The standard InChI is InChI=1S/C13H28N4PS.Li/c1-10(2)16(11(3)4)18(19,9-15-14)17(12(5)6)13(7)8;/h10-13H,1-8H3;/q-1;+1. The number of hydrogen-bond acceptors (Lipinski definition) is 1. The molecule has 0 aliphatic rings. The van der Waals surface area contributed by atoms with E-state index in [2.05, 4.69) is 75.5 Å². The molecule has 0 aromatic rings. The minimum Gasteiger partial charge on any atom is -0.407 e. The van der Waals surface area contributed by atoms with Crippen LogP contribution in [0.3, 0.4) is 0 Å². The van der Waals surface area contributed by atoms with Gasteiger partial charge in [-0.2, -0.15) is 0 Å². The molecule has 0 aromatic carbocycles. The summed E-state index contributed by atoms with van der Waals surface area (Å²) in [7, 11) is 0. The van der Waals surface area contributed by atoms with Crippen molar-refractivity contribution in [2.24, 2.45) is 0 Å². The molecule has 7 heteroatoms. The van der Waals surface area contributed by atoms with Crippen molar-refractivity contribution in [2.45, 2.75) is 79.6 Å². The van der Waals surface area contributed by atoms with Gasteiger partial charge in [0.15, 0.2) is 0 Å². The minimum absolute atomic E-state index is 0. The van der Waals surface area contributed by atoms with Gasteiger partial charge in [0.05, 0.1) is 0 Å². The SMILES string of the molecule is CC(C)N(C(C)C)P(=S)([C-]=[N+]=[N-])N(C(C)C)C(C)C.[Li+]. The van der Waals surface area contributed by atoms with E-state index < -0.39 is 6.34 Å². The molecule has 0 saturated carbocycles. The van der Waals surface area contributed by atoms with Crippen molar-refractivity contribution >= 4 is 24.1 Å². The third-order valence-corrected chi connectivity index (χ3v) is 7.74. The Morgan fingerprint density at radius 3 is 1.25 bits per heavy atom. The van der Waals surface area contributed by atoms with Gasteiger partial charge in [-0.3, -0.25) is 9.34 Å². The Morgan fingerprint density at radius 1 is 0.850 bits per heavy atom. The maximum absolute atomic E-state index is 9.05. The fourth-order valence-corrected chi connectivity index (χ4v) is 8.16. The van der Waals surface area contributed by atoms with Crippen molar-refractivity contribution in [1.82, 2.24) is 9.34 Å². The van der Waals surface area contributed by atoms with Crippen LogP contribution in [-0.4, -0.2) is 44.3 Å². The molecule has 0 aromatic heterocycles. The molecular formula is C13H28LiN4PS. The maximum atomic E-state index is 9.05. The van der Waals surface area contributed by atoms with Gasteiger partial charge >= 0.3 is 18.9 Å². The second-order valence-electron chi connectivity index (χ2n) is 5.88. The van der Waals surface area contributed by atoms with Crippen molar-refractivity contribution in [2.75, 3.05) is 0 Å². The zero-order valence-electron chi connectivity index (χ0n) is 14.5. The van der Waals surface area contributed by atoms with E-state index in [0.717, 1.165) is 0 Å². The van der Waals surface area contributed by atoms with Gasteiger partial charge in [-0.05, 0) is 55.4 Å². The molecule has 112 valence electrons. The van der Waals surface area contributed by atoms with Crippen LogP contribution in [0.5, 0.6) is 0 Å². The van der Waals surface area contributed by atoms with Crippen LogP contribution in [0.1, 0.15) is 55.4 Å². The quantitative estimate of drug-likeness (QED) is 0.173. The second kappa shape index (κ2) is 9.54. The molecule has 0 aliphatic heterocycles. The van der Waals surface area contributed by atoms with Crippen molar-refractivity contribution < 1.29 is 23.7 Å². The Bertz CT molecular complexity index is 339. The molecule has 0 radical (unpaired) electrons. The number of nitrogens with zero attached hydrogens (tertiary/aromatic N) is 4. The van der Waals surface area contributed by atoms with Gasteiger partial charge in [0.2, 0.25) is 0 Å². The first-order valence-corrected chi connectivity index (χ1v) is 9.59. The Kier molecular flexibility index (Phi) is 10.9. The van der Waals surface area contributed by atoms with Crippen LogP contribution in [0.25, 0.3) is 5.53 Å². The first-order valence-electron chi connectivity index (χ1n) is 6.88. The molecule has 0 fully saturated rings. The van der Waals surface area contributed by atoms with Crippen LogP contribution in [0, 0.1) is 0 Å². The van der Waals surface area contributed by atoms with Crippen molar-refractivity contribution in [3.05, 3.63) is 5.53 Å². The molecule has 0 bridgehead atoms. The summed E-state index contributed by atoms with van der Waals surface area (Å²) in [6.07, 6.45) is -2.33. The van der Waals surface area contributed by atoms with E-state index in [1.165, 1.54) is 0 Å². The first kappa shape index (κ1) is 22.8. The summed E-state index contributed by atoms with van der Waals surface area (Å²) in [4.78, 5) is 3.19. The molecule has 0 unspecified atom stereocenters. The topological polar surface area (TPSA) is 42.9 Å². The van der Waals surface area contributed by atoms with E-state index in [1.807, 2.05) is 0 Å². The zero-order chi connectivity index (χ0) is 15.4. The number of hydrogen-bond donors (Lipinski definition) is 0.